The smallest absolute Gasteiger partial charge is 0.285 e. The zero-order valence-electron chi connectivity index (χ0n) is 20.0. The summed E-state index contributed by atoms with van der Waals surface area (Å²) in [5.41, 5.74) is 3.64. The lowest BCUT2D eigenvalue weighted by Gasteiger charge is -2.22. The van der Waals surface area contributed by atoms with Crippen LogP contribution in [-0.4, -0.2) is 45.8 Å². The van der Waals surface area contributed by atoms with Gasteiger partial charge < -0.3 is 14.1 Å². The van der Waals surface area contributed by atoms with E-state index in [-0.39, 0.29) is 0 Å². The van der Waals surface area contributed by atoms with Crippen molar-refractivity contribution in [1.82, 2.24) is 25.1 Å². The number of fused-ring (bicyclic) bond motifs is 3. The van der Waals surface area contributed by atoms with E-state index in [9.17, 15) is 0 Å². The van der Waals surface area contributed by atoms with E-state index < -0.39 is 0 Å². The predicted octanol–water partition coefficient (Wildman–Crippen LogP) is 5.97. The molecule has 7 nitrogen and oxygen atoms in total. The van der Waals surface area contributed by atoms with Crippen LogP contribution in [0.3, 0.4) is 0 Å². The highest BCUT2D eigenvalue weighted by atomic mass is 35.5. The number of aryl methyl sites for hydroxylation is 2. The summed E-state index contributed by atoms with van der Waals surface area (Å²) >= 11 is 7.63. The van der Waals surface area contributed by atoms with Crippen molar-refractivity contribution in [2.45, 2.75) is 47.1 Å². The average molecular weight is 488 g/mol. The minimum Gasteiger partial charge on any atom is -0.495 e. The highest BCUT2D eigenvalue weighted by Crippen LogP contribution is 2.36. The number of hydrogen-bond acceptors (Lipinski definition) is 8. The zero-order chi connectivity index (χ0) is 24.0. The number of methoxy groups -OCH3 is 1. The fraction of sp³-hybridized carbons (Fsp3) is 0.417. The third kappa shape index (κ3) is 5.69. The van der Waals surface area contributed by atoms with Crippen molar-refractivity contribution in [2.24, 2.45) is 0 Å². The fourth-order valence-electron chi connectivity index (χ4n) is 3.60. The molecule has 0 amide bonds. The van der Waals surface area contributed by atoms with Crippen molar-refractivity contribution in [3.05, 3.63) is 51.3 Å². The maximum atomic E-state index is 5.88. The van der Waals surface area contributed by atoms with Crippen molar-refractivity contribution >= 4 is 33.2 Å². The summed E-state index contributed by atoms with van der Waals surface area (Å²) in [5, 5.41) is 9.46. The third-order valence-electron chi connectivity index (χ3n) is 5.25. The van der Waals surface area contributed by atoms with Crippen LogP contribution in [-0.2, 0) is 19.4 Å². The zero-order valence-corrected chi connectivity index (χ0v) is 21.5. The number of rotatable bonds is 3. The Morgan fingerprint density at radius 1 is 1.24 bits per heavy atom. The summed E-state index contributed by atoms with van der Waals surface area (Å²) in [6, 6.07) is 5.84. The monoisotopic (exact) mass is 487 g/mol. The first kappa shape index (κ1) is 25.1. The van der Waals surface area contributed by atoms with Gasteiger partial charge >= 0.3 is 0 Å². The predicted molar refractivity (Wildman–Crippen MR) is 134 cm³/mol. The minimum absolute atomic E-state index is 0.374. The molecule has 176 valence electrons. The Morgan fingerprint density at radius 2 is 2.03 bits per heavy atom. The number of ether oxygens (including phenoxy) is 1. The maximum absolute atomic E-state index is 5.88. The second-order valence-corrected chi connectivity index (χ2v) is 8.86. The summed E-state index contributed by atoms with van der Waals surface area (Å²) in [4.78, 5) is 13.9. The van der Waals surface area contributed by atoms with Crippen LogP contribution in [0.15, 0.2) is 29.0 Å². The van der Waals surface area contributed by atoms with E-state index in [1.54, 1.807) is 18.4 Å². The summed E-state index contributed by atoms with van der Waals surface area (Å²) in [6.45, 7) is 10.2. The molecule has 0 N–H and O–H groups in total. The summed E-state index contributed by atoms with van der Waals surface area (Å²) in [6.07, 6.45) is 3.37. The largest absolute Gasteiger partial charge is 0.495 e. The molecule has 33 heavy (non-hydrogen) atoms. The Bertz CT molecular complexity index is 1190. The molecular weight excluding hydrogens is 458 g/mol. The van der Waals surface area contributed by atoms with E-state index in [1.807, 2.05) is 39.0 Å². The van der Waals surface area contributed by atoms with Gasteiger partial charge in [-0.2, -0.15) is 0 Å². The Morgan fingerprint density at radius 3 is 2.67 bits per heavy atom. The van der Waals surface area contributed by atoms with Gasteiger partial charge in [0.25, 0.3) is 5.89 Å². The van der Waals surface area contributed by atoms with Crippen LogP contribution >= 0.6 is 22.9 Å². The normalized spacial score (nSPS) is 12.9. The molecule has 1 aliphatic rings. The van der Waals surface area contributed by atoms with Gasteiger partial charge in [0.15, 0.2) is 0 Å². The minimum atomic E-state index is 0.374. The van der Waals surface area contributed by atoms with Crippen molar-refractivity contribution in [3.63, 3.8) is 0 Å². The Kier molecular flexibility index (Phi) is 8.77. The molecule has 3 aromatic heterocycles. The molecule has 0 spiro atoms. The van der Waals surface area contributed by atoms with Gasteiger partial charge in [-0.3, -0.25) is 0 Å². The average Bonchev–Trinajstić information content (AvgIpc) is 3.48. The molecule has 0 aliphatic carbocycles. The molecule has 4 heterocycles. The molecule has 5 rings (SSSR count). The van der Waals surface area contributed by atoms with Crippen molar-refractivity contribution < 1.29 is 9.15 Å². The molecule has 4 aromatic rings. The number of likely N-dealkylation sites (N-methyl/N-ethyl adjacent to an activating group) is 1. The molecule has 1 aliphatic heterocycles. The molecule has 0 fully saturated rings. The van der Waals surface area contributed by atoms with Gasteiger partial charge in [0, 0.05) is 23.4 Å². The lowest BCUT2D eigenvalue weighted by Crippen LogP contribution is -2.25. The van der Waals surface area contributed by atoms with Gasteiger partial charge in [0.05, 0.1) is 17.8 Å². The van der Waals surface area contributed by atoms with E-state index in [2.05, 4.69) is 39.0 Å². The third-order valence-corrected chi connectivity index (χ3v) is 6.65. The molecule has 0 unspecified atom stereocenters. The molecule has 0 bridgehead atoms. The summed E-state index contributed by atoms with van der Waals surface area (Å²) < 4.78 is 10.2. The van der Waals surface area contributed by atoms with Crippen LogP contribution < -0.4 is 4.74 Å². The van der Waals surface area contributed by atoms with Gasteiger partial charge in [-0.15, -0.1) is 21.5 Å². The lowest BCUT2D eigenvalue weighted by molar-refractivity contribution is 0.318. The highest BCUT2D eigenvalue weighted by molar-refractivity contribution is 7.18. The fourth-order valence-corrected chi connectivity index (χ4v) is 5.23. The SMILES string of the molecule is CC.CCc1ccc(OC)c(Cl)c1.Cc1nc(-c2nnco2)nc2sc3c(c12)CCN(C)C3. The Labute approximate surface area is 203 Å². The van der Waals surface area contributed by atoms with Crippen LogP contribution in [0.2, 0.25) is 5.02 Å². The standard InChI is InChI=1S/C13H13N5OS.C9H11ClO.C2H6/c1-7-10-8-3-4-18(2)5-9(8)20-13(10)16-11(15-7)12-17-14-6-19-12;1-3-7-4-5-9(11-2)8(10)6-7;1-2/h6H,3-5H2,1-2H3;4-6H,3H2,1-2H3;1-2H3. The van der Waals surface area contributed by atoms with Gasteiger partial charge in [-0.25, -0.2) is 9.97 Å². The van der Waals surface area contributed by atoms with Gasteiger partial charge in [0.2, 0.25) is 12.2 Å². The van der Waals surface area contributed by atoms with Crippen LogP contribution in [0.1, 0.15) is 42.5 Å². The van der Waals surface area contributed by atoms with E-state index >= 15 is 0 Å². The van der Waals surface area contributed by atoms with Crippen LogP contribution in [0.25, 0.3) is 21.9 Å². The van der Waals surface area contributed by atoms with E-state index in [0.29, 0.717) is 16.7 Å². The van der Waals surface area contributed by atoms with Crippen LogP contribution in [0, 0.1) is 6.92 Å². The Balaban J connectivity index is 0.000000201. The number of nitrogens with zero attached hydrogens (tertiary/aromatic N) is 5. The molecule has 0 atom stereocenters. The summed E-state index contributed by atoms with van der Waals surface area (Å²) in [5.74, 6) is 1.63. The van der Waals surface area contributed by atoms with Gasteiger partial charge in [-0.1, -0.05) is 38.4 Å². The summed E-state index contributed by atoms with van der Waals surface area (Å²) in [7, 11) is 3.77. The maximum Gasteiger partial charge on any atom is 0.285 e. The lowest BCUT2D eigenvalue weighted by atomic mass is 10.0. The van der Waals surface area contributed by atoms with E-state index in [0.717, 1.165) is 42.2 Å². The molecule has 9 heteroatoms. The van der Waals surface area contributed by atoms with Crippen molar-refractivity contribution in [2.75, 3.05) is 20.7 Å². The molecule has 0 saturated carbocycles. The quantitative estimate of drug-likeness (QED) is 0.352. The van der Waals surface area contributed by atoms with E-state index in [4.69, 9.17) is 20.8 Å². The first-order chi connectivity index (χ1) is 16.0. The van der Waals surface area contributed by atoms with Crippen LogP contribution in [0.4, 0.5) is 0 Å². The van der Waals surface area contributed by atoms with E-state index in [1.165, 1.54) is 27.8 Å². The highest BCUT2D eigenvalue weighted by Gasteiger charge is 2.22. The second kappa shape index (κ2) is 11.5. The topological polar surface area (TPSA) is 77.2 Å². The molecular formula is C24H30ClN5O2S. The van der Waals surface area contributed by atoms with Gasteiger partial charge in [-0.05, 0) is 50.1 Å². The number of thiophene rings is 1. The number of aromatic nitrogens is 4. The number of benzene rings is 1. The number of hydrogen-bond donors (Lipinski definition) is 0. The van der Waals surface area contributed by atoms with Gasteiger partial charge in [0.1, 0.15) is 10.6 Å². The first-order valence-electron chi connectivity index (χ1n) is 11.1. The van der Waals surface area contributed by atoms with Crippen LogP contribution in [0.5, 0.6) is 5.75 Å². The number of halogens is 1. The second-order valence-electron chi connectivity index (χ2n) is 7.37. The van der Waals surface area contributed by atoms with Crippen molar-refractivity contribution in [1.29, 1.82) is 0 Å². The Hall–Kier alpha value is -2.55. The first-order valence-corrected chi connectivity index (χ1v) is 12.3. The molecule has 1 aromatic carbocycles. The van der Waals surface area contributed by atoms with Crippen molar-refractivity contribution in [3.8, 4) is 17.5 Å². The molecule has 0 radical (unpaired) electrons. The molecule has 0 saturated heterocycles.